The van der Waals surface area contributed by atoms with Crippen LogP contribution in [0.2, 0.25) is 0 Å². The molecule has 0 amide bonds. The van der Waals surface area contributed by atoms with Gasteiger partial charge in [-0.05, 0) is 61.4 Å². The first-order chi connectivity index (χ1) is 21.9. The van der Waals surface area contributed by atoms with Crippen LogP contribution in [0.15, 0.2) is 54.6 Å². The number of aromatic nitrogens is 4. The molecule has 1 atom stereocenters. The first-order valence-corrected chi connectivity index (χ1v) is 15.8. The summed E-state index contributed by atoms with van der Waals surface area (Å²) in [5.74, 6) is 0.664. The number of nitrogens with one attached hydrogen (secondary N) is 1. The van der Waals surface area contributed by atoms with Crippen molar-refractivity contribution >= 4 is 34.9 Å². The summed E-state index contributed by atoms with van der Waals surface area (Å²) in [4.78, 5) is 27.8. The monoisotopic (exact) mass is 609 g/mol. The first-order valence-electron chi connectivity index (χ1n) is 15.8. The number of nitrogens with two attached hydrogens (primary N) is 1. The zero-order chi connectivity index (χ0) is 30.7. The van der Waals surface area contributed by atoms with Gasteiger partial charge in [-0.15, -0.1) is 5.10 Å². The lowest BCUT2D eigenvalue weighted by Crippen LogP contribution is -2.57. The number of benzene rings is 2. The SMILES string of the molecule is Nc1nc(Nc2ccc(N3CCN(CC4CC4)[C@H](C(=O)O)C3)c(F)c2)nn1-c1cc(-c2ccccc2)c2c(n1)C1CCN2CC1. The molecular formula is C33H36FN9O2. The predicted octanol–water partition coefficient (Wildman–Crippen LogP) is 4.48. The number of nitrogen functional groups attached to an aromatic ring is 1. The van der Waals surface area contributed by atoms with Crippen molar-refractivity contribution in [3.05, 3.63) is 66.1 Å². The molecule has 1 aliphatic carbocycles. The van der Waals surface area contributed by atoms with E-state index in [-0.39, 0.29) is 18.4 Å². The minimum atomic E-state index is -0.868. The number of carboxylic acids is 1. The van der Waals surface area contributed by atoms with Crippen molar-refractivity contribution in [2.45, 2.75) is 37.6 Å². The summed E-state index contributed by atoms with van der Waals surface area (Å²) < 4.78 is 17.0. The minimum absolute atomic E-state index is 0.172. The highest BCUT2D eigenvalue weighted by Gasteiger charge is 2.37. The second kappa shape index (κ2) is 11.0. The van der Waals surface area contributed by atoms with Crippen molar-refractivity contribution in [1.29, 1.82) is 0 Å². The molecule has 4 aliphatic heterocycles. The van der Waals surface area contributed by atoms with Crippen molar-refractivity contribution in [2.75, 3.05) is 60.1 Å². The molecule has 45 heavy (non-hydrogen) atoms. The van der Waals surface area contributed by atoms with Gasteiger partial charge in [0.05, 0.1) is 17.1 Å². The van der Waals surface area contributed by atoms with Crippen LogP contribution in [-0.4, -0.2) is 81.0 Å². The van der Waals surface area contributed by atoms with Gasteiger partial charge < -0.3 is 26.0 Å². The van der Waals surface area contributed by atoms with Crippen molar-refractivity contribution in [3.8, 4) is 16.9 Å². The number of piperazine rings is 1. The van der Waals surface area contributed by atoms with E-state index in [0.29, 0.717) is 42.1 Å². The maximum Gasteiger partial charge on any atom is 0.322 e. The topological polar surface area (TPSA) is 129 Å². The minimum Gasteiger partial charge on any atom is -0.480 e. The fourth-order valence-corrected chi connectivity index (χ4v) is 7.12. The molecule has 0 spiro atoms. The number of halogens is 1. The highest BCUT2D eigenvalue weighted by molar-refractivity contribution is 5.83. The maximum absolute atomic E-state index is 15.4. The summed E-state index contributed by atoms with van der Waals surface area (Å²) in [7, 11) is 0. The van der Waals surface area contributed by atoms with Crippen LogP contribution in [0.1, 0.15) is 37.3 Å². The quantitative estimate of drug-likeness (QED) is 0.263. The zero-order valence-corrected chi connectivity index (χ0v) is 24.9. The van der Waals surface area contributed by atoms with E-state index in [1.807, 2.05) is 34.1 Å². The lowest BCUT2D eigenvalue weighted by Gasteiger charge is -2.42. The second-order valence-electron chi connectivity index (χ2n) is 12.6. The number of fused-ring (bicyclic) bond motifs is 2. The predicted molar refractivity (Wildman–Crippen MR) is 171 cm³/mol. The van der Waals surface area contributed by atoms with Gasteiger partial charge in [0.25, 0.3) is 0 Å². The number of anilines is 5. The lowest BCUT2D eigenvalue weighted by atomic mass is 9.84. The molecule has 4 N–H and O–H groups in total. The second-order valence-corrected chi connectivity index (χ2v) is 12.6. The average molecular weight is 610 g/mol. The van der Waals surface area contributed by atoms with E-state index in [2.05, 4.69) is 32.4 Å². The van der Waals surface area contributed by atoms with Crippen molar-refractivity contribution in [1.82, 2.24) is 24.6 Å². The number of hydrogen-bond donors (Lipinski definition) is 3. The van der Waals surface area contributed by atoms with Crippen LogP contribution < -0.4 is 20.9 Å². The number of nitrogens with zero attached hydrogens (tertiary/aromatic N) is 7. The molecule has 2 aromatic carbocycles. The Morgan fingerprint density at radius 1 is 0.978 bits per heavy atom. The third kappa shape index (κ3) is 5.22. The van der Waals surface area contributed by atoms with Gasteiger partial charge in [0, 0.05) is 56.4 Å². The molecule has 0 unspecified atom stereocenters. The van der Waals surface area contributed by atoms with E-state index in [1.54, 1.807) is 12.1 Å². The van der Waals surface area contributed by atoms with Crippen LogP contribution in [0, 0.1) is 11.7 Å². The number of hydrogen-bond acceptors (Lipinski definition) is 9. The maximum atomic E-state index is 15.4. The fourth-order valence-electron chi connectivity index (χ4n) is 7.12. The Hall–Kier alpha value is -4.71. The molecule has 6 heterocycles. The number of pyridine rings is 1. The normalized spacial score (nSPS) is 20.0. The Morgan fingerprint density at radius 3 is 2.51 bits per heavy atom. The Balaban J connectivity index is 1.04. The van der Waals surface area contributed by atoms with Gasteiger partial charge in [0.1, 0.15) is 11.9 Å². The molecule has 2 aromatic heterocycles. The standard InChI is InChI=1S/C33H36FN9O2/c34-25-16-23(8-9-26(25)42-15-14-41(18-20-6-7-20)27(19-42)31(44)45)36-33-38-32(35)43(39-33)28-17-24(21-4-2-1-3-5-21)30-29(37-28)22-10-12-40(30)13-11-22/h1-5,8-9,16-17,20,22,27H,6-7,10-15,18-19H2,(H,44,45)(H3,35,36,38,39)/t27-/m0/s1. The molecule has 9 rings (SSSR count). The Bertz CT molecular complexity index is 1750. The van der Waals surface area contributed by atoms with E-state index in [4.69, 9.17) is 10.7 Å². The number of piperidine rings is 1. The Labute approximate surface area is 260 Å². The smallest absolute Gasteiger partial charge is 0.322 e. The number of rotatable bonds is 8. The molecule has 1 saturated carbocycles. The first kappa shape index (κ1) is 27.8. The lowest BCUT2D eigenvalue weighted by molar-refractivity contribution is -0.143. The summed E-state index contributed by atoms with van der Waals surface area (Å²) in [5.41, 5.74) is 11.7. The van der Waals surface area contributed by atoms with Crippen molar-refractivity contribution in [3.63, 3.8) is 0 Å². The molecule has 2 saturated heterocycles. The third-order valence-electron chi connectivity index (χ3n) is 9.65. The summed E-state index contributed by atoms with van der Waals surface area (Å²) >= 11 is 0. The van der Waals surface area contributed by atoms with E-state index < -0.39 is 17.8 Å². The van der Waals surface area contributed by atoms with Crippen molar-refractivity contribution < 1.29 is 14.3 Å². The van der Waals surface area contributed by atoms with Crippen LogP contribution in [0.25, 0.3) is 16.9 Å². The van der Waals surface area contributed by atoms with E-state index in [9.17, 15) is 9.90 Å². The van der Waals surface area contributed by atoms with Gasteiger partial charge in [-0.3, -0.25) is 9.69 Å². The number of carbonyl (C=O) groups is 1. The summed E-state index contributed by atoms with van der Waals surface area (Å²) in [6, 6.07) is 16.5. The van der Waals surface area contributed by atoms with E-state index >= 15 is 4.39 Å². The molecule has 3 fully saturated rings. The molecule has 4 aromatic rings. The van der Waals surface area contributed by atoms with Crippen LogP contribution in [0.4, 0.5) is 33.3 Å². The van der Waals surface area contributed by atoms with Gasteiger partial charge in [-0.2, -0.15) is 9.67 Å². The molecule has 2 bridgehead atoms. The zero-order valence-electron chi connectivity index (χ0n) is 24.9. The molecule has 12 heteroatoms. The largest absolute Gasteiger partial charge is 0.480 e. The Morgan fingerprint density at radius 2 is 1.78 bits per heavy atom. The number of aliphatic carboxylic acids is 1. The molecular weight excluding hydrogens is 573 g/mol. The third-order valence-corrected chi connectivity index (χ3v) is 9.65. The van der Waals surface area contributed by atoms with Crippen LogP contribution in [0.5, 0.6) is 0 Å². The van der Waals surface area contributed by atoms with E-state index in [0.717, 1.165) is 62.1 Å². The number of carboxylic acid groups (broad SMARTS) is 1. The van der Waals surface area contributed by atoms with Crippen LogP contribution in [0.3, 0.4) is 0 Å². The molecule has 232 valence electrons. The Kier molecular flexibility index (Phi) is 6.81. The van der Waals surface area contributed by atoms with Gasteiger partial charge in [-0.1, -0.05) is 30.3 Å². The summed E-state index contributed by atoms with van der Waals surface area (Å²) in [6.45, 7) is 4.27. The van der Waals surface area contributed by atoms with Gasteiger partial charge >= 0.3 is 5.97 Å². The molecule has 11 nitrogen and oxygen atoms in total. The highest BCUT2D eigenvalue weighted by Crippen LogP contribution is 2.47. The van der Waals surface area contributed by atoms with E-state index in [1.165, 1.54) is 16.4 Å². The summed E-state index contributed by atoms with van der Waals surface area (Å²) in [5, 5.41) is 17.5. The summed E-state index contributed by atoms with van der Waals surface area (Å²) in [6.07, 6.45) is 4.47. The molecule has 5 aliphatic rings. The van der Waals surface area contributed by atoms with Crippen LogP contribution >= 0.6 is 0 Å². The van der Waals surface area contributed by atoms with Crippen LogP contribution in [-0.2, 0) is 4.79 Å². The van der Waals surface area contributed by atoms with Gasteiger partial charge in [0.2, 0.25) is 11.9 Å². The average Bonchev–Trinajstić information content (AvgIpc) is 3.80. The molecule has 0 radical (unpaired) electrons. The fraction of sp³-hybridized carbons (Fsp3) is 0.394. The van der Waals surface area contributed by atoms with Gasteiger partial charge in [0.15, 0.2) is 5.82 Å². The van der Waals surface area contributed by atoms with Crippen molar-refractivity contribution in [2.24, 2.45) is 5.92 Å². The van der Waals surface area contributed by atoms with Gasteiger partial charge in [-0.25, -0.2) is 9.37 Å². The highest BCUT2D eigenvalue weighted by atomic mass is 19.1.